The van der Waals surface area contributed by atoms with E-state index >= 15 is 0 Å². The fourth-order valence-corrected chi connectivity index (χ4v) is 2.42. The van der Waals surface area contributed by atoms with Crippen molar-refractivity contribution >= 4 is 35.2 Å². The molecule has 2 aromatic rings. The second-order valence-electron chi connectivity index (χ2n) is 4.28. The molecule has 0 bridgehead atoms. The van der Waals surface area contributed by atoms with E-state index in [-0.39, 0.29) is 0 Å². The van der Waals surface area contributed by atoms with E-state index in [2.05, 4.69) is 0 Å². The minimum atomic E-state index is 0.570. The van der Waals surface area contributed by atoms with Crippen molar-refractivity contribution in [1.29, 1.82) is 0 Å². The number of carbonyl (C=O) groups is 1. The fraction of sp³-hybridized carbons (Fsp3) is 0.133. The second-order valence-corrected chi connectivity index (χ2v) is 5.12. The molecule has 0 saturated carbocycles. The highest BCUT2D eigenvalue weighted by atomic mass is 35.5. The zero-order valence-corrected chi connectivity index (χ0v) is 11.9. The molecule has 0 spiro atoms. The molecule has 0 unspecified atom stereocenters. The van der Waals surface area contributed by atoms with Crippen molar-refractivity contribution in [3.8, 4) is 0 Å². The average Bonchev–Trinajstić information content (AvgIpc) is 2.40. The Labute approximate surface area is 122 Å². The SMILES string of the molecule is CN(Cc1ccc(Cl)cc1)c1c(Cl)cccc1C=O. The van der Waals surface area contributed by atoms with Gasteiger partial charge in [-0.3, -0.25) is 4.79 Å². The highest BCUT2D eigenvalue weighted by molar-refractivity contribution is 6.34. The van der Waals surface area contributed by atoms with E-state index in [9.17, 15) is 4.79 Å². The van der Waals surface area contributed by atoms with Gasteiger partial charge < -0.3 is 4.90 Å². The lowest BCUT2D eigenvalue weighted by molar-refractivity contribution is 0.112. The normalized spacial score (nSPS) is 10.3. The Hall–Kier alpha value is -1.51. The third-order valence-electron chi connectivity index (χ3n) is 2.86. The number of aldehydes is 1. The molecular formula is C15H13Cl2NO. The smallest absolute Gasteiger partial charge is 0.152 e. The number of para-hydroxylation sites is 1. The number of benzene rings is 2. The summed E-state index contributed by atoms with van der Waals surface area (Å²) in [7, 11) is 1.91. The third-order valence-corrected chi connectivity index (χ3v) is 3.42. The van der Waals surface area contributed by atoms with Gasteiger partial charge in [-0.1, -0.05) is 41.4 Å². The fourth-order valence-electron chi connectivity index (χ4n) is 1.97. The van der Waals surface area contributed by atoms with E-state index in [1.54, 1.807) is 18.2 Å². The molecule has 2 rings (SSSR count). The average molecular weight is 294 g/mol. The number of hydrogen-bond donors (Lipinski definition) is 0. The molecule has 0 aliphatic rings. The molecule has 0 aliphatic carbocycles. The first kappa shape index (κ1) is 13.9. The summed E-state index contributed by atoms with van der Waals surface area (Å²) in [4.78, 5) is 13.0. The second kappa shape index (κ2) is 6.09. The van der Waals surface area contributed by atoms with Crippen LogP contribution in [-0.4, -0.2) is 13.3 Å². The molecule has 98 valence electrons. The summed E-state index contributed by atoms with van der Waals surface area (Å²) < 4.78 is 0. The Kier molecular flexibility index (Phi) is 4.46. The maximum absolute atomic E-state index is 11.1. The number of halogens is 2. The van der Waals surface area contributed by atoms with Crippen molar-refractivity contribution in [2.24, 2.45) is 0 Å². The molecule has 0 saturated heterocycles. The van der Waals surface area contributed by atoms with Crippen molar-refractivity contribution in [1.82, 2.24) is 0 Å². The molecule has 4 heteroatoms. The summed E-state index contributed by atoms with van der Waals surface area (Å²) in [6.45, 7) is 0.655. The largest absolute Gasteiger partial charge is 0.368 e. The van der Waals surface area contributed by atoms with Crippen LogP contribution in [0.4, 0.5) is 5.69 Å². The number of anilines is 1. The Morgan fingerprint density at radius 2 is 1.79 bits per heavy atom. The van der Waals surface area contributed by atoms with E-state index < -0.39 is 0 Å². The van der Waals surface area contributed by atoms with E-state index in [0.717, 1.165) is 17.5 Å². The summed E-state index contributed by atoms with van der Waals surface area (Å²) in [6.07, 6.45) is 0.819. The van der Waals surface area contributed by atoms with Gasteiger partial charge in [0.25, 0.3) is 0 Å². The summed E-state index contributed by atoms with van der Waals surface area (Å²) in [5.41, 5.74) is 2.43. The Bertz CT molecular complexity index is 581. The first-order valence-corrected chi connectivity index (χ1v) is 6.56. The van der Waals surface area contributed by atoms with Gasteiger partial charge in [0.05, 0.1) is 10.7 Å². The number of hydrogen-bond acceptors (Lipinski definition) is 2. The zero-order valence-electron chi connectivity index (χ0n) is 10.4. The summed E-state index contributed by atoms with van der Waals surface area (Å²) in [5.74, 6) is 0. The molecule has 0 radical (unpaired) electrons. The van der Waals surface area contributed by atoms with Crippen molar-refractivity contribution in [3.63, 3.8) is 0 Å². The topological polar surface area (TPSA) is 20.3 Å². The van der Waals surface area contributed by atoms with Crippen molar-refractivity contribution < 1.29 is 4.79 Å². The maximum atomic E-state index is 11.1. The first-order valence-electron chi connectivity index (χ1n) is 5.81. The van der Waals surface area contributed by atoms with Crippen LogP contribution in [0.3, 0.4) is 0 Å². The third kappa shape index (κ3) is 3.28. The molecule has 0 heterocycles. The predicted octanol–water partition coefficient (Wildman–Crippen LogP) is 4.44. The van der Waals surface area contributed by atoms with E-state index in [1.165, 1.54) is 0 Å². The van der Waals surface area contributed by atoms with Crippen LogP contribution in [-0.2, 0) is 6.54 Å². The van der Waals surface area contributed by atoms with Crippen molar-refractivity contribution in [2.75, 3.05) is 11.9 Å². The minimum Gasteiger partial charge on any atom is -0.368 e. The van der Waals surface area contributed by atoms with Crippen molar-refractivity contribution in [3.05, 3.63) is 63.6 Å². The number of carbonyl (C=O) groups excluding carboxylic acids is 1. The molecule has 2 nitrogen and oxygen atoms in total. The molecule has 19 heavy (non-hydrogen) atoms. The molecule has 0 amide bonds. The summed E-state index contributed by atoms with van der Waals surface area (Å²) in [5, 5.41) is 1.28. The van der Waals surface area contributed by atoms with E-state index in [1.807, 2.05) is 36.2 Å². The van der Waals surface area contributed by atoms with Gasteiger partial charge in [-0.15, -0.1) is 0 Å². The molecular weight excluding hydrogens is 281 g/mol. The molecule has 0 aromatic heterocycles. The highest BCUT2D eigenvalue weighted by Gasteiger charge is 2.11. The van der Waals surface area contributed by atoms with Crippen LogP contribution >= 0.6 is 23.2 Å². The monoisotopic (exact) mass is 293 g/mol. The molecule has 0 aliphatic heterocycles. The Balaban J connectivity index is 2.27. The first-order chi connectivity index (χ1) is 9.11. The molecule has 0 fully saturated rings. The lowest BCUT2D eigenvalue weighted by atomic mass is 10.1. The van der Waals surface area contributed by atoms with Gasteiger partial charge in [0.15, 0.2) is 6.29 Å². The van der Waals surface area contributed by atoms with Gasteiger partial charge >= 0.3 is 0 Å². The molecule has 0 atom stereocenters. The van der Waals surface area contributed by atoms with Gasteiger partial charge in [0, 0.05) is 24.2 Å². The van der Waals surface area contributed by atoms with Crippen LogP contribution in [0.25, 0.3) is 0 Å². The summed E-state index contributed by atoms with van der Waals surface area (Å²) in [6, 6.07) is 12.9. The van der Waals surface area contributed by atoms with Crippen molar-refractivity contribution in [2.45, 2.75) is 6.54 Å². The Morgan fingerprint density at radius 3 is 2.42 bits per heavy atom. The summed E-state index contributed by atoms with van der Waals surface area (Å²) >= 11 is 12.0. The maximum Gasteiger partial charge on any atom is 0.152 e. The predicted molar refractivity (Wildman–Crippen MR) is 80.4 cm³/mol. The van der Waals surface area contributed by atoms with Crippen LogP contribution in [0.15, 0.2) is 42.5 Å². The van der Waals surface area contributed by atoms with Crippen LogP contribution in [0, 0.1) is 0 Å². The zero-order chi connectivity index (χ0) is 13.8. The van der Waals surface area contributed by atoms with Crippen LogP contribution in [0.2, 0.25) is 10.0 Å². The van der Waals surface area contributed by atoms with Gasteiger partial charge in [0.1, 0.15) is 0 Å². The number of rotatable bonds is 4. The van der Waals surface area contributed by atoms with Crippen LogP contribution in [0.5, 0.6) is 0 Å². The minimum absolute atomic E-state index is 0.570. The van der Waals surface area contributed by atoms with Crippen LogP contribution < -0.4 is 4.90 Å². The highest BCUT2D eigenvalue weighted by Crippen LogP contribution is 2.29. The van der Waals surface area contributed by atoms with Gasteiger partial charge in [-0.05, 0) is 29.8 Å². The van der Waals surface area contributed by atoms with Gasteiger partial charge in [0.2, 0.25) is 0 Å². The molecule has 0 N–H and O–H groups in total. The Morgan fingerprint density at radius 1 is 1.11 bits per heavy atom. The molecule has 2 aromatic carbocycles. The lowest BCUT2D eigenvalue weighted by Crippen LogP contribution is -2.18. The van der Waals surface area contributed by atoms with Gasteiger partial charge in [-0.2, -0.15) is 0 Å². The number of nitrogens with zero attached hydrogens (tertiary/aromatic N) is 1. The quantitative estimate of drug-likeness (QED) is 0.777. The lowest BCUT2D eigenvalue weighted by Gasteiger charge is -2.22. The standard InChI is InChI=1S/C15H13Cl2NO/c1-18(9-11-5-7-13(16)8-6-11)15-12(10-19)3-2-4-14(15)17/h2-8,10H,9H2,1H3. The van der Waals surface area contributed by atoms with E-state index in [4.69, 9.17) is 23.2 Å². The van der Waals surface area contributed by atoms with Gasteiger partial charge in [-0.25, -0.2) is 0 Å². The van der Waals surface area contributed by atoms with Crippen LogP contribution in [0.1, 0.15) is 15.9 Å². The van der Waals surface area contributed by atoms with E-state index in [0.29, 0.717) is 22.2 Å².